The Morgan fingerprint density at radius 3 is 2.88 bits per heavy atom. The number of carboxylic acid groups (broad SMARTS) is 1. The Kier molecular flexibility index (Phi) is 2.91. The first-order valence-corrected chi connectivity index (χ1v) is 5.16. The highest BCUT2D eigenvalue weighted by atomic mass is 19.1. The van der Waals surface area contributed by atoms with Gasteiger partial charge in [-0.25, -0.2) is 4.39 Å². The van der Waals surface area contributed by atoms with Gasteiger partial charge in [-0.1, -0.05) is 12.1 Å². The van der Waals surface area contributed by atoms with Crippen molar-refractivity contribution in [2.24, 2.45) is 0 Å². The Morgan fingerprint density at radius 2 is 2.29 bits per heavy atom. The van der Waals surface area contributed by atoms with Crippen molar-refractivity contribution in [1.82, 2.24) is 9.78 Å². The Hall–Kier alpha value is -2.17. The summed E-state index contributed by atoms with van der Waals surface area (Å²) in [6.07, 6.45) is 1.38. The molecule has 4 nitrogen and oxygen atoms in total. The van der Waals surface area contributed by atoms with E-state index < -0.39 is 11.8 Å². The summed E-state index contributed by atoms with van der Waals surface area (Å²) in [5.74, 6) is -1.75. The fourth-order valence-electron chi connectivity index (χ4n) is 1.58. The standard InChI is InChI=1S/C12H11FN2O2/c1-2-15-7-10(12(16)17)11(14-15)8-4-3-5-9(13)6-8/h3-7H,2H2,1H3,(H,16,17)/p-1. The zero-order chi connectivity index (χ0) is 12.4. The molecule has 0 aliphatic carbocycles. The highest BCUT2D eigenvalue weighted by Gasteiger charge is 2.12. The quantitative estimate of drug-likeness (QED) is 0.796. The van der Waals surface area contributed by atoms with Crippen LogP contribution in [-0.4, -0.2) is 15.7 Å². The van der Waals surface area contributed by atoms with E-state index in [-0.39, 0.29) is 11.3 Å². The molecule has 0 N–H and O–H groups in total. The lowest BCUT2D eigenvalue weighted by Gasteiger charge is -2.02. The van der Waals surface area contributed by atoms with Gasteiger partial charge in [0.1, 0.15) is 11.5 Å². The van der Waals surface area contributed by atoms with Gasteiger partial charge in [-0.3, -0.25) is 4.68 Å². The number of hydrogen-bond acceptors (Lipinski definition) is 3. The molecule has 0 fully saturated rings. The summed E-state index contributed by atoms with van der Waals surface area (Å²) < 4.78 is 14.6. The molecule has 0 spiro atoms. The van der Waals surface area contributed by atoms with Crippen LogP contribution >= 0.6 is 0 Å². The highest BCUT2D eigenvalue weighted by Crippen LogP contribution is 2.22. The van der Waals surface area contributed by atoms with E-state index in [2.05, 4.69) is 5.10 Å². The van der Waals surface area contributed by atoms with E-state index in [0.717, 1.165) is 0 Å². The maximum absolute atomic E-state index is 13.1. The number of hydrogen-bond donors (Lipinski definition) is 0. The number of aryl methyl sites for hydroxylation is 1. The second-order valence-electron chi connectivity index (χ2n) is 3.54. The number of nitrogens with zero attached hydrogens (tertiary/aromatic N) is 2. The van der Waals surface area contributed by atoms with Gasteiger partial charge < -0.3 is 9.90 Å². The number of carboxylic acids is 1. The fraction of sp³-hybridized carbons (Fsp3) is 0.167. The molecule has 0 aliphatic heterocycles. The predicted molar refractivity (Wildman–Crippen MR) is 57.6 cm³/mol. The highest BCUT2D eigenvalue weighted by molar-refractivity contribution is 5.93. The van der Waals surface area contributed by atoms with Crippen LogP contribution < -0.4 is 5.11 Å². The third-order valence-corrected chi connectivity index (χ3v) is 2.40. The van der Waals surface area contributed by atoms with Gasteiger partial charge in [0.15, 0.2) is 0 Å². The summed E-state index contributed by atoms with van der Waals surface area (Å²) >= 11 is 0. The first kappa shape index (κ1) is 11.3. The molecule has 17 heavy (non-hydrogen) atoms. The van der Waals surface area contributed by atoms with Gasteiger partial charge in [0, 0.05) is 23.9 Å². The molecular weight excluding hydrogens is 223 g/mol. The van der Waals surface area contributed by atoms with Gasteiger partial charge in [-0.05, 0) is 19.1 Å². The van der Waals surface area contributed by atoms with Crippen molar-refractivity contribution in [3.05, 3.63) is 41.8 Å². The molecule has 0 saturated heterocycles. The van der Waals surface area contributed by atoms with Crippen molar-refractivity contribution < 1.29 is 14.3 Å². The van der Waals surface area contributed by atoms with Crippen LogP contribution in [0.4, 0.5) is 4.39 Å². The summed E-state index contributed by atoms with van der Waals surface area (Å²) in [6, 6.07) is 5.65. The molecule has 0 aliphatic rings. The molecule has 2 rings (SSSR count). The van der Waals surface area contributed by atoms with Crippen LogP contribution in [0.3, 0.4) is 0 Å². The SMILES string of the molecule is CCn1cc(C(=O)[O-])c(-c2cccc(F)c2)n1. The van der Waals surface area contributed by atoms with E-state index in [1.807, 2.05) is 6.92 Å². The molecule has 0 bridgehead atoms. The lowest BCUT2D eigenvalue weighted by molar-refractivity contribution is -0.254. The third-order valence-electron chi connectivity index (χ3n) is 2.40. The number of carbonyl (C=O) groups is 1. The number of halogens is 1. The van der Waals surface area contributed by atoms with E-state index in [9.17, 15) is 14.3 Å². The van der Waals surface area contributed by atoms with E-state index in [1.165, 1.54) is 29.1 Å². The summed E-state index contributed by atoms with van der Waals surface area (Å²) in [5, 5.41) is 15.0. The minimum Gasteiger partial charge on any atom is -0.545 e. The van der Waals surface area contributed by atoms with Crippen molar-refractivity contribution in [3.63, 3.8) is 0 Å². The van der Waals surface area contributed by atoms with E-state index in [4.69, 9.17) is 0 Å². The number of benzene rings is 1. The van der Waals surface area contributed by atoms with E-state index in [0.29, 0.717) is 12.1 Å². The molecule has 0 atom stereocenters. The Labute approximate surface area is 97.3 Å². The van der Waals surface area contributed by atoms with Crippen molar-refractivity contribution in [2.75, 3.05) is 0 Å². The second kappa shape index (κ2) is 4.37. The molecule has 5 heteroatoms. The molecule has 1 aromatic carbocycles. The Morgan fingerprint density at radius 1 is 1.53 bits per heavy atom. The van der Waals surface area contributed by atoms with Crippen LogP contribution in [0.25, 0.3) is 11.3 Å². The zero-order valence-electron chi connectivity index (χ0n) is 9.18. The predicted octanol–water partition coefficient (Wildman–Crippen LogP) is 1.07. The molecule has 1 aromatic heterocycles. The number of aromatic nitrogens is 2. The molecule has 0 saturated carbocycles. The van der Waals surface area contributed by atoms with Crippen LogP contribution in [0.15, 0.2) is 30.5 Å². The Balaban J connectivity index is 2.57. The molecular formula is C12H10FN2O2-. The summed E-state index contributed by atoms with van der Waals surface area (Å²) in [5.41, 5.74) is 0.625. The van der Waals surface area contributed by atoms with Gasteiger partial charge in [0.2, 0.25) is 0 Å². The van der Waals surface area contributed by atoms with Crippen LogP contribution in [0.2, 0.25) is 0 Å². The van der Waals surface area contributed by atoms with Crippen LogP contribution in [-0.2, 0) is 6.54 Å². The van der Waals surface area contributed by atoms with Crippen molar-refractivity contribution in [1.29, 1.82) is 0 Å². The number of carbonyl (C=O) groups excluding carboxylic acids is 1. The zero-order valence-corrected chi connectivity index (χ0v) is 9.18. The number of aromatic carboxylic acids is 1. The second-order valence-corrected chi connectivity index (χ2v) is 3.54. The largest absolute Gasteiger partial charge is 0.545 e. The first-order valence-electron chi connectivity index (χ1n) is 5.16. The maximum atomic E-state index is 13.1. The van der Waals surface area contributed by atoms with Gasteiger partial charge in [-0.2, -0.15) is 5.10 Å². The normalized spacial score (nSPS) is 10.5. The minimum absolute atomic E-state index is 0.0301. The average molecular weight is 233 g/mol. The van der Waals surface area contributed by atoms with Gasteiger partial charge >= 0.3 is 0 Å². The monoisotopic (exact) mass is 233 g/mol. The van der Waals surface area contributed by atoms with Gasteiger partial charge in [0.25, 0.3) is 0 Å². The van der Waals surface area contributed by atoms with Crippen LogP contribution in [0.1, 0.15) is 17.3 Å². The van der Waals surface area contributed by atoms with Gasteiger partial charge in [0.05, 0.1) is 5.97 Å². The molecule has 0 radical (unpaired) electrons. The molecule has 2 aromatic rings. The van der Waals surface area contributed by atoms with Crippen molar-refractivity contribution in [2.45, 2.75) is 13.5 Å². The molecule has 1 heterocycles. The fourth-order valence-corrected chi connectivity index (χ4v) is 1.58. The molecule has 0 amide bonds. The van der Waals surface area contributed by atoms with Crippen molar-refractivity contribution >= 4 is 5.97 Å². The molecule has 88 valence electrons. The topological polar surface area (TPSA) is 58.0 Å². The minimum atomic E-state index is -1.32. The maximum Gasteiger partial charge on any atom is 0.123 e. The van der Waals surface area contributed by atoms with Crippen molar-refractivity contribution in [3.8, 4) is 11.3 Å². The average Bonchev–Trinajstić information content (AvgIpc) is 2.73. The smallest absolute Gasteiger partial charge is 0.123 e. The van der Waals surface area contributed by atoms with Gasteiger partial charge in [-0.15, -0.1) is 0 Å². The summed E-state index contributed by atoms with van der Waals surface area (Å²) in [6.45, 7) is 2.37. The van der Waals surface area contributed by atoms with Crippen LogP contribution in [0.5, 0.6) is 0 Å². The summed E-state index contributed by atoms with van der Waals surface area (Å²) in [4.78, 5) is 11.0. The Bertz CT molecular complexity index is 563. The summed E-state index contributed by atoms with van der Waals surface area (Å²) in [7, 11) is 0. The lowest BCUT2D eigenvalue weighted by atomic mass is 10.1. The third kappa shape index (κ3) is 2.18. The molecule has 0 unspecified atom stereocenters. The first-order chi connectivity index (χ1) is 8.11. The van der Waals surface area contributed by atoms with E-state index in [1.54, 1.807) is 6.07 Å². The van der Waals surface area contributed by atoms with E-state index >= 15 is 0 Å². The lowest BCUT2D eigenvalue weighted by Crippen LogP contribution is -2.22. The van der Waals surface area contributed by atoms with Crippen LogP contribution in [0, 0.1) is 5.82 Å². The number of rotatable bonds is 3.